The normalized spacial score (nSPS) is 12.2. The van der Waals surface area contributed by atoms with E-state index in [1.165, 1.54) is 18.4 Å². The Hall–Kier alpha value is -3.61. The van der Waals surface area contributed by atoms with Gasteiger partial charge in [-0.25, -0.2) is 4.39 Å². The predicted octanol–water partition coefficient (Wildman–Crippen LogP) is 4.00. The Morgan fingerprint density at radius 3 is 2.21 bits per heavy atom. The zero-order valence-electron chi connectivity index (χ0n) is 15.5. The van der Waals surface area contributed by atoms with Gasteiger partial charge in [0.05, 0.1) is 6.26 Å². The number of halogens is 1. The first-order chi connectivity index (χ1) is 14.0. The summed E-state index contributed by atoms with van der Waals surface area (Å²) in [4.78, 5) is 24.3. The van der Waals surface area contributed by atoms with E-state index in [1.54, 1.807) is 43.3 Å². The van der Waals surface area contributed by atoms with Gasteiger partial charge in [0.25, 0.3) is 0 Å². The number of aryl methyl sites for hydroxylation is 1. The van der Waals surface area contributed by atoms with Crippen LogP contribution in [0, 0.1) is 6.92 Å². The molecule has 2 aromatic heterocycles. The van der Waals surface area contributed by atoms with Crippen molar-refractivity contribution in [1.82, 2.24) is 0 Å². The number of benzene rings is 2. The van der Waals surface area contributed by atoms with Crippen LogP contribution in [0.4, 0.5) is 4.39 Å². The molecule has 0 radical (unpaired) electrons. The van der Waals surface area contributed by atoms with Crippen LogP contribution in [-0.2, 0) is 0 Å². The largest absolute Gasteiger partial charge is 0.489 e. The number of fused-ring (bicyclic) bond motifs is 2. The van der Waals surface area contributed by atoms with Crippen LogP contribution in [0.1, 0.15) is 5.76 Å². The maximum atomic E-state index is 14.4. The van der Waals surface area contributed by atoms with Gasteiger partial charge in [0, 0.05) is 12.1 Å². The average Bonchev–Trinajstić information content (AvgIpc) is 2.70. The third-order valence-electron chi connectivity index (χ3n) is 4.33. The number of rotatable bonds is 6. The Morgan fingerprint density at radius 1 is 0.897 bits per heavy atom. The quantitative estimate of drug-likeness (QED) is 0.491. The molecule has 0 aliphatic rings. The molecule has 0 amide bonds. The van der Waals surface area contributed by atoms with E-state index in [9.17, 15) is 14.0 Å². The summed E-state index contributed by atoms with van der Waals surface area (Å²) in [6.45, 7) is 1.02. The van der Waals surface area contributed by atoms with E-state index in [-0.39, 0.29) is 46.3 Å². The Labute approximate surface area is 164 Å². The maximum absolute atomic E-state index is 14.4. The summed E-state index contributed by atoms with van der Waals surface area (Å²) < 4.78 is 36.2. The van der Waals surface area contributed by atoms with Gasteiger partial charge >= 0.3 is 0 Å². The average molecular weight is 395 g/mol. The van der Waals surface area contributed by atoms with Gasteiger partial charge in [-0.3, -0.25) is 9.59 Å². The molecule has 0 aliphatic carbocycles. The number of hydrogen-bond acceptors (Lipinski definition) is 6. The number of hydrogen-bond donors (Lipinski definition) is 0. The van der Waals surface area contributed by atoms with E-state index in [1.807, 2.05) is 0 Å². The molecule has 0 N–H and O–H groups in total. The number of alkyl halides is 1. The van der Waals surface area contributed by atoms with Gasteiger partial charge in [-0.15, -0.1) is 0 Å². The van der Waals surface area contributed by atoms with Gasteiger partial charge in [0.1, 0.15) is 52.4 Å². The molecule has 0 spiro atoms. The highest BCUT2D eigenvalue weighted by atomic mass is 18.2. The minimum Gasteiger partial charge on any atom is -0.489 e. The predicted molar refractivity (Wildman–Crippen MR) is 106 cm³/mol. The lowest BCUT2D eigenvalue weighted by molar-refractivity contribution is 0.136. The summed E-state index contributed by atoms with van der Waals surface area (Å²) in [5.41, 5.74) is 0.209. The van der Waals surface area contributed by atoms with Crippen LogP contribution >= 0.6 is 0 Å². The Morgan fingerprint density at radius 2 is 1.52 bits per heavy atom. The summed E-state index contributed by atoms with van der Waals surface area (Å²) >= 11 is 0. The molecule has 0 fully saturated rings. The molecule has 4 aromatic rings. The second kappa shape index (κ2) is 7.79. The van der Waals surface area contributed by atoms with Crippen molar-refractivity contribution < 1.29 is 22.7 Å². The van der Waals surface area contributed by atoms with Crippen molar-refractivity contribution in [2.24, 2.45) is 0 Å². The smallest absolute Gasteiger partial charge is 0.196 e. The summed E-state index contributed by atoms with van der Waals surface area (Å²) in [7, 11) is 0. The summed E-state index contributed by atoms with van der Waals surface area (Å²) in [5, 5.41) is 0.517. The lowest BCUT2D eigenvalue weighted by atomic mass is 10.2. The van der Waals surface area contributed by atoms with Gasteiger partial charge in [0.2, 0.25) is 0 Å². The fraction of sp³-hybridized carbons (Fsp3) is 0.182. The molecule has 0 aliphatic heterocycles. The molecule has 1 atom stereocenters. The molecule has 0 saturated heterocycles. The minimum atomic E-state index is -1.49. The topological polar surface area (TPSA) is 78.9 Å². The first kappa shape index (κ1) is 18.7. The summed E-state index contributed by atoms with van der Waals surface area (Å²) in [5.74, 6) is 0.960. The lowest BCUT2D eigenvalue weighted by Crippen LogP contribution is -2.21. The molecule has 4 rings (SSSR count). The molecule has 0 bridgehead atoms. The van der Waals surface area contributed by atoms with E-state index in [4.69, 9.17) is 18.3 Å². The van der Waals surface area contributed by atoms with Gasteiger partial charge in [-0.2, -0.15) is 0 Å². The van der Waals surface area contributed by atoms with Crippen molar-refractivity contribution in [2.75, 3.05) is 13.2 Å². The second-order valence-electron chi connectivity index (χ2n) is 6.48. The molecule has 29 heavy (non-hydrogen) atoms. The molecule has 2 heterocycles. The maximum Gasteiger partial charge on any atom is 0.196 e. The fourth-order valence-corrected chi connectivity index (χ4v) is 3.05. The van der Waals surface area contributed by atoms with Crippen LogP contribution in [0.5, 0.6) is 11.5 Å². The zero-order chi connectivity index (χ0) is 20.4. The van der Waals surface area contributed by atoms with Crippen molar-refractivity contribution in [1.29, 1.82) is 0 Å². The zero-order valence-corrected chi connectivity index (χ0v) is 15.5. The monoisotopic (exact) mass is 395 g/mol. The molecule has 7 heteroatoms. The van der Waals surface area contributed by atoms with Crippen molar-refractivity contribution in [3.05, 3.63) is 81.0 Å². The minimum absolute atomic E-state index is 0.237. The summed E-state index contributed by atoms with van der Waals surface area (Å²) in [6, 6.07) is 12.4. The van der Waals surface area contributed by atoms with Gasteiger partial charge in [-0.05, 0) is 31.2 Å². The third-order valence-corrected chi connectivity index (χ3v) is 4.33. The van der Waals surface area contributed by atoms with Crippen LogP contribution in [0.25, 0.3) is 21.9 Å². The Balaban J connectivity index is 1.47. The third kappa shape index (κ3) is 3.85. The van der Waals surface area contributed by atoms with E-state index in [0.29, 0.717) is 16.9 Å². The molecule has 1 unspecified atom stereocenters. The molecule has 0 saturated carbocycles. The van der Waals surface area contributed by atoms with Crippen LogP contribution in [0.3, 0.4) is 0 Å². The summed E-state index contributed by atoms with van der Waals surface area (Å²) in [6.07, 6.45) is -0.198. The van der Waals surface area contributed by atoms with Crippen LogP contribution in [-0.4, -0.2) is 19.4 Å². The first-order valence-electron chi connectivity index (χ1n) is 8.96. The van der Waals surface area contributed by atoms with Crippen molar-refractivity contribution in [3.63, 3.8) is 0 Å². The van der Waals surface area contributed by atoms with Crippen LogP contribution in [0.15, 0.2) is 73.2 Å². The molecular weight excluding hydrogens is 378 g/mol. The standard InChI is InChI=1S/C22H17FO6/c1-13-10-16(25)22-19(6-3-7-20(22)29-13)28-12-14(23)11-27-18-5-2-4-17-21(18)15(24)8-9-26-17/h2-10,14H,11-12H2,1H3/i23-1. The number of ether oxygens (including phenoxy) is 2. The van der Waals surface area contributed by atoms with Crippen molar-refractivity contribution in [2.45, 2.75) is 13.1 Å². The van der Waals surface area contributed by atoms with Crippen LogP contribution in [0.2, 0.25) is 0 Å². The van der Waals surface area contributed by atoms with Gasteiger partial charge < -0.3 is 18.3 Å². The van der Waals surface area contributed by atoms with Gasteiger partial charge in [0.15, 0.2) is 17.0 Å². The Bertz CT molecular complexity index is 1280. The van der Waals surface area contributed by atoms with Crippen molar-refractivity contribution in [3.8, 4) is 11.5 Å². The Kier molecular flexibility index (Phi) is 5.03. The SMILES string of the molecule is Cc1cc(=O)c2c(OCC([18F])COc3cccc4occc(=O)c34)cccc2o1. The second-order valence-corrected chi connectivity index (χ2v) is 6.48. The highest BCUT2D eigenvalue weighted by Crippen LogP contribution is 2.24. The molecular formula is C22H17FO6. The van der Waals surface area contributed by atoms with E-state index in [0.717, 1.165) is 0 Å². The first-order valence-corrected chi connectivity index (χ1v) is 8.96. The highest BCUT2D eigenvalue weighted by Gasteiger charge is 2.15. The van der Waals surface area contributed by atoms with Crippen LogP contribution < -0.4 is 20.3 Å². The van der Waals surface area contributed by atoms with E-state index >= 15 is 0 Å². The van der Waals surface area contributed by atoms with Crippen molar-refractivity contribution >= 4 is 21.9 Å². The molecule has 148 valence electrons. The van der Waals surface area contributed by atoms with E-state index in [2.05, 4.69) is 0 Å². The van der Waals surface area contributed by atoms with Gasteiger partial charge in [-0.1, -0.05) is 12.1 Å². The molecule has 6 nitrogen and oxygen atoms in total. The lowest BCUT2D eigenvalue weighted by Gasteiger charge is -2.13. The highest BCUT2D eigenvalue weighted by molar-refractivity contribution is 5.83. The van der Waals surface area contributed by atoms with E-state index < -0.39 is 6.17 Å². The molecule has 2 aromatic carbocycles. The fourth-order valence-electron chi connectivity index (χ4n) is 3.05.